The predicted molar refractivity (Wildman–Crippen MR) is 107 cm³/mol. The monoisotopic (exact) mass is 404 g/mol. The fourth-order valence-electron chi connectivity index (χ4n) is 3.26. The van der Waals surface area contributed by atoms with Crippen molar-refractivity contribution >= 4 is 11.6 Å². The highest BCUT2D eigenvalue weighted by Gasteiger charge is 2.22. The zero-order valence-electron chi connectivity index (χ0n) is 16.9. The van der Waals surface area contributed by atoms with Crippen LogP contribution in [0.2, 0.25) is 0 Å². The van der Waals surface area contributed by atoms with Crippen molar-refractivity contribution in [2.45, 2.75) is 26.3 Å². The van der Waals surface area contributed by atoms with Crippen LogP contribution < -0.4 is 19.7 Å². The molecule has 3 rings (SSSR count). The van der Waals surface area contributed by atoms with Gasteiger partial charge in [-0.2, -0.15) is 0 Å². The van der Waals surface area contributed by atoms with Crippen LogP contribution in [0.4, 0.5) is 14.5 Å². The maximum atomic E-state index is 13.5. The van der Waals surface area contributed by atoms with Gasteiger partial charge in [0.05, 0.1) is 25.8 Å². The summed E-state index contributed by atoms with van der Waals surface area (Å²) in [6.07, 6.45) is 0.824. The predicted octanol–water partition coefficient (Wildman–Crippen LogP) is 4.08. The molecule has 0 radical (unpaired) electrons. The smallest absolute Gasteiger partial charge is 0.239 e. The Morgan fingerprint density at radius 1 is 1.07 bits per heavy atom. The van der Waals surface area contributed by atoms with Crippen LogP contribution in [0, 0.1) is 17.6 Å². The molecule has 156 valence electrons. The van der Waals surface area contributed by atoms with E-state index in [0.29, 0.717) is 30.4 Å². The number of benzene rings is 2. The zero-order valence-corrected chi connectivity index (χ0v) is 16.9. The van der Waals surface area contributed by atoms with Crippen LogP contribution in [-0.2, 0) is 4.79 Å². The summed E-state index contributed by atoms with van der Waals surface area (Å²) in [7, 11) is 1.66. The number of amides is 1. The van der Waals surface area contributed by atoms with E-state index in [1.807, 2.05) is 32.0 Å². The first kappa shape index (κ1) is 20.9. The minimum absolute atomic E-state index is 0.0127. The SMILES string of the molecule is CC(C)C(NC(=O)CN(C)c1ccc(F)c(F)c1)c1ccc2c(c1)OCCCO2. The van der Waals surface area contributed by atoms with E-state index < -0.39 is 11.6 Å². The van der Waals surface area contributed by atoms with E-state index in [9.17, 15) is 13.6 Å². The van der Waals surface area contributed by atoms with Crippen LogP contribution in [-0.4, -0.2) is 32.7 Å². The summed E-state index contributed by atoms with van der Waals surface area (Å²) in [5.74, 6) is -0.555. The first-order valence-electron chi connectivity index (χ1n) is 9.70. The highest BCUT2D eigenvalue weighted by Crippen LogP contribution is 2.34. The third kappa shape index (κ3) is 5.16. The second-order valence-corrected chi connectivity index (χ2v) is 7.50. The molecule has 1 aliphatic rings. The number of hydrogen-bond donors (Lipinski definition) is 1. The molecular weight excluding hydrogens is 378 g/mol. The second-order valence-electron chi connectivity index (χ2n) is 7.50. The van der Waals surface area contributed by atoms with Gasteiger partial charge in [0.1, 0.15) is 0 Å². The van der Waals surface area contributed by atoms with E-state index in [4.69, 9.17) is 9.47 Å². The number of ether oxygens (including phenoxy) is 2. The maximum Gasteiger partial charge on any atom is 0.239 e. The quantitative estimate of drug-likeness (QED) is 0.788. The lowest BCUT2D eigenvalue weighted by atomic mass is 9.95. The summed E-state index contributed by atoms with van der Waals surface area (Å²) in [5.41, 5.74) is 1.35. The molecule has 0 saturated carbocycles. The van der Waals surface area contributed by atoms with Crippen molar-refractivity contribution in [1.29, 1.82) is 0 Å². The summed E-state index contributed by atoms with van der Waals surface area (Å²) < 4.78 is 38.0. The molecule has 1 atom stereocenters. The van der Waals surface area contributed by atoms with Gasteiger partial charge in [-0.25, -0.2) is 8.78 Å². The van der Waals surface area contributed by atoms with Crippen molar-refractivity contribution in [2.24, 2.45) is 5.92 Å². The van der Waals surface area contributed by atoms with Gasteiger partial charge in [0, 0.05) is 25.2 Å². The Kier molecular flexibility index (Phi) is 6.56. The van der Waals surface area contributed by atoms with Crippen LogP contribution in [0.15, 0.2) is 36.4 Å². The molecule has 1 N–H and O–H groups in total. The minimum atomic E-state index is -0.943. The number of hydrogen-bond acceptors (Lipinski definition) is 4. The normalized spacial score (nSPS) is 14.3. The molecule has 0 aliphatic carbocycles. The zero-order chi connectivity index (χ0) is 21.0. The standard InChI is InChI=1S/C22H26F2N2O3/c1-14(2)22(15-5-8-19-20(11-15)29-10-4-9-28-19)25-21(27)13-26(3)16-6-7-17(23)18(24)12-16/h5-8,11-12,14,22H,4,9-10,13H2,1-3H3,(H,25,27). The molecule has 0 saturated heterocycles. The van der Waals surface area contributed by atoms with Crippen LogP contribution >= 0.6 is 0 Å². The first-order chi connectivity index (χ1) is 13.8. The Bertz CT molecular complexity index is 873. The van der Waals surface area contributed by atoms with Crippen molar-refractivity contribution in [3.8, 4) is 11.5 Å². The van der Waals surface area contributed by atoms with E-state index in [2.05, 4.69) is 5.32 Å². The average Bonchev–Trinajstić information content (AvgIpc) is 2.92. The summed E-state index contributed by atoms with van der Waals surface area (Å²) in [4.78, 5) is 14.2. The average molecular weight is 404 g/mol. The van der Waals surface area contributed by atoms with Gasteiger partial charge >= 0.3 is 0 Å². The number of carbonyl (C=O) groups excluding carboxylic acids is 1. The van der Waals surface area contributed by atoms with Crippen molar-refractivity contribution in [3.05, 3.63) is 53.6 Å². The number of likely N-dealkylation sites (N-methyl/N-ethyl adjacent to an activating group) is 1. The Hall–Kier alpha value is -2.83. The van der Waals surface area contributed by atoms with Crippen LogP contribution in [0.1, 0.15) is 31.9 Å². The Balaban J connectivity index is 1.70. The highest BCUT2D eigenvalue weighted by atomic mass is 19.2. The van der Waals surface area contributed by atoms with Crippen LogP contribution in [0.25, 0.3) is 0 Å². The molecule has 1 amide bonds. The van der Waals surface area contributed by atoms with Crippen molar-refractivity contribution in [1.82, 2.24) is 5.32 Å². The van der Waals surface area contributed by atoms with Crippen LogP contribution in [0.3, 0.4) is 0 Å². The molecular formula is C22H26F2N2O3. The number of carbonyl (C=O) groups is 1. The number of rotatable bonds is 6. The van der Waals surface area contributed by atoms with Gasteiger partial charge in [0.15, 0.2) is 23.1 Å². The molecule has 2 aromatic rings. The number of nitrogens with zero attached hydrogens (tertiary/aromatic N) is 1. The fourth-order valence-corrected chi connectivity index (χ4v) is 3.26. The molecule has 1 unspecified atom stereocenters. The molecule has 1 heterocycles. The molecule has 0 bridgehead atoms. The van der Waals surface area contributed by atoms with E-state index >= 15 is 0 Å². The molecule has 0 fully saturated rings. The largest absolute Gasteiger partial charge is 0.490 e. The van der Waals surface area contributed by atoms with Gasteiger partial charge in [-0.3, -0.25) is 4.79 Å². The van der Waals surface area contributed by atoms with Crippen LogP contribution in [0.5, 0.6) is 11.5 Å². The summed E-state index contributed by atoms with van der Waals surface area (Å²) in [6.45, 7) is 5.26. The van der Waals surface area contributed by atoms with E-state index in [1.165, 1.54) is 6.07 Å². The second kappa shape index (κ2) is 9.11. The van der Waals surface area contributed by atoms with Gasteiger partial charge in [-0.15, -0.1) is 0 Å². The Labute approximate surface area is 169 Å². The van der Waals surface area contributed by atoms with Crippen molar-refractivity contribution in [2.75, 3.05) is 31.7 Å². The first-order valence-corrected chi connectivity index (χ1v) is 9.70. The van der Waals surface area contributed by atoms with E-state index in [-0.39, 0.29) is 24.4 Å². The van der Waals surface area contributed by atoms with Crippen molar-refractivity contribution in [3.63, 3.8) is 0 Å². The molecule has 5 nitrogen and oxygen atoms in total. The highest BCUT2D eigenvalue weighted by molar-refractivity contribution is 5.81. The maximum absolute atomic E-state index is 13.5. The summed E-state index contributed by atoms with van der Waals surface area (Å²) >= 11 is 0. The molecule has 29 heavy (non-hydrogen) atoms. The number of fused-ring (bicyclic) bond motifs is 1. The topological polar surface area (TPSA) is 50.8 Å². The third-order valence-electron chi connectivity index (χ3n) is 4.84. The van der Waals surface area contributed by atoms with Gasteiger partial charge in [-0.1, -0.05) is 19.9 Å². The number of anilines is 1. The molecule has 2 aromatic carbocycles. The molecule has 1 aliphatic heterocycles. The number of nitrogens with one attached hydrogen (secondary N) is 1. The molecule has 7 heteroatoms. The third-order valence-corrected chi connectivity index (χ3v) is 4.84. The van der Waals surface area contributed by atoms with E-state index in [0.717, 1.165) is 24.1 Å². The minimum Gasteiger partial charge on any atom is -0.490 e. The Morgan fingerprint density at radius 3 is 2.48 bits per heavy atom. The lowest BCUT2D eigenvalue weighted by molar-refractivity contribution is -0.120. The van der Waals surface area contributed by atoms with Gasteiger partial charge in [0.25, 0.3) is 0 Å². The summed E-state index contributed by atoms with van der Waals surface area (Å²) in [6, 6.07) is 9.04. The van der Waals surface area contributed by atoms with Crippen molar-refractivity contribution < 1.29 is 23.0 Å². The molecule has 0 aromatic heterocycles. The van der Waals surface area contributed by atoms with Gasteiger partial charge in [-0.05, 0) is 35.7 Å². The van der Waals surface area contributed by atoms with Gasteiger partial charge < -0.3 is 19.7 Å². The lowest BCUT2D eigenvalue weighted by Gasteiger charge is -2.26. The summed E-state index contributed by atoms with van der Waals surface area (Å²) in [5, 5.41) is 3.04. The van der Waals surface area contributed by atoms with E-state index in [1.54, 1.807) is 11.9 Å². The lowest BCUT2D eigenvalue weighted by Crippen LogP contribution is -2.39. The number of halogens is 2. The Morgan fingerprint density at radius 2 is 1.79 bits per heavy atom. The molecule has 0 spiro atoms. The van der Waals surface area contributed by atoms with Gasteiger partial charge in [0.2, 0.25) is 5.91 Å². The fraction of sp³-hybridized carbons (Fsp3) is 0.409.